The molecule has 1 aromatic heterocycles. The van der Waals surface area contributed by atoms with E-state index in [9.17, 15) is 9.46 Å². The molecule has 1 heterocycles. The standard InChI is InChI=1S/C26H28NO5P/c1-27(2,18-21-10-5-3-6-11-21)17-16-23-20-30-24-14-9-15-25(26(23)24)32-33(28,29)31-19-22-12-7-4-8-13-22/h3-15,20H,16-19H2,1-2H3. The third-order valence-corrected chi connectivity index (χ3v) is 6.39. The summed E-state index contributed by atoms with van der Waals surface area (Å²) in [4.78, 5) is 12.5. The zero-order valence-corrected chi connectivity index (χ0v) is 19.7. The third-order valence-electron chi connectivity index (χ3n) is 5.52. The van der Waals surface area contributed by atoms with Crippen LogP contribution in [0.4, 0.5) is 0 Å². The molecule has 33 heavy (non-hydrogen) atoms. The molecule has 7 heteroatoms. The highest BCUT2D eigenvalue weighted by atomic mass is 31.2. The molecule has 0 aliphatic heterocycles. The monoisotopic (exact) mass is 465 g/mol. The SMILES string of the molecule is C[N+](C)(CCc1coc2cccc(OP(=O)([O-])OCc3ccccc3)c12)Cc1ccccc1. The molecular formula is C26H28NO5P. The van der Waals surface area contributed by atoms with Crippen molar-refractivity contribution in [2.45, 2.75) is 19.6 Å². The summed E-state index contributed by atoms with van der Waals surface area (Å²) < 4.78 is 29.5. The predicted molar refractivity (Wildman–Crippen MR) is 127 cm³/mol. The molecule has 0 saturated carbocycles. The Balaban J connectivity index is 1.47. The van der Waals surface area contributed by atoms with Gasteiger partial charge in [-0.2, -0.15) is 0 Å². The van der Waals surface area contributed by atoms with Crippen molar-refractivity contribution in [1.29, 1.82) is 0 Å². The summed E-state index contributed by atoms with van der Waals surface area (Å²) in [5.41, 5.74) is 3.51. The van der Waals surface area contributed by atoms with E-state index in [4.69, 9.17) is 13.5 Å². The number of furan rings is 1. The van der Waals surface area contributed by atoms with E-state index in [1.165, 1.54) is 5.56 Å². The Hall–Kier alpha value is -2.89. The minimum absolute atomic E-state index is 0.0823. The van der Waals surface area contributed by atoms with Crippen LogP contribution in [0.2, 0.25) is 0 Å². The lowest BCUT2D eigenvalue weighted by Gasteiger charge is -2.30. The fourth-order valence-corrected chi connectivity index (χ4v) is 4.59. The second kappa shape index (κ2) is 9.94. The van der Waals surface area contributed by atoms with Crippen molar-refractivity contribution in [3.63, 3.8) is 0 Å². The highest BCUT2D eigenvalue weighted by Crippen LogP contribution is 2.44. The van der Waals surface area contributed by atoms with E-state index in [-0.39, 0.29) is 12.4 Å². The van der Waals surface area contributed by atoms with Gasteiger partial charge in [-0.3, -0.25) is 4.57 Å². The first-order chi connectivity index (χ1) is 15.8. The maximum atomic E-state index is 12.5. The molecule has 0 N–H and O–H groups in total. The summed E-state index contributed by atoms with van der Waals surface area (Å²) in [6.45, 7) is 1.65. The van der Waals surface area contributed by atoms with Crippen LogP contribution in [0, 0.1) is 0 Å². The van der Waals surface area contributed by atoms with Gasteiger partial charge in [0, 0.05) is 17.5 Å². The first kappa shape index (κ1) is 23.3. The molecule has 4 aromatic rings. The van der Waals surface area contributed by atoms with E-state index in [1.807, 2.05) is 36.4 Å². The van der Waals surface area contributed by atoms with Crippen LogP contribution in [0.1, 0.15) is 16.7 Å². The molecule has 0 radical (unpaired) electrons. The van der Waals surface area contributed by atoms with Gasteiger partial charge in [-0.1, -0.05) is 66.7 Å². The molecule has 1 atom stereocenters. The largest absolute Gasteiger partial charge is 0.746 e. The Morgan fingerprint density at radius 2 is 1.58 bits per heavy atom. The van der Waals surface area contributed by atoms with Crippen LogP contribution in [0.5, 0.6) is 5.75 Å². The number of nitrogens with zero attached hydrogens (tertiary/aromatic N) is 1. The van der Waals surface area contributed by atoms with E-state index in [2.05, 4.69) is 26.2 Å². The van der Waals surface area contributed by atoms with Crippen LogP contribution >= 0.6 is 7.82 Å². The zero-order chi connectivity index (χ0) is 23.3. The number of hydrogen-bond donors (Lipinski definition) is 0. The fraction of sp³-hybridized carbons (Fsp3) is 0.231. The lowest BCUT2D eigenvalue weighted by Crippen LogP contribution is -2.40. The Morgan fingerprint density at radius 3 is 2.27 bits per heavy atom. The molecule has 0 aliphatic rings. The van der Waals surface area contributed by atoms with Gasteiger partial charge in [0.05, 0.1) is 38.9 Å². The Labute approximate surface area is 194 Å². The average molecular weight is 465 g/mol. The van der Waals surface area contributed by atoms with Crippen molar-refractivity contribution in [2.75, 3.05) is 20.6 Å². The number of fused-ring (bicyclic) bond motifs is 1. The molecule has 172 valence electrons. The molecule has 6 nitrogen and oxygen atoms in total. The van der Waals surface area contributed by atoms with Gasteiger partial charge in [0.2, 0.25) is 0 Å². The third kappa shape index (κ3) is 6.34. The first-order valence-corrected chi connectivity index (χ1v) is 12.3. The van der Waals surface area contributed by atoms with Crippen LogP contribution in [0.15, 0.2) is 89.5 Å². The summed E-state index contributed by atoms with van der Waals surface area (Å²) in [6.07, 6.45) is 2.39. The molecule has 0 amide bonds. The summed E-state index contributed by atoms with van der Waals surface area (Å²) in [5.74, 6) is 0.219. The van der Waals surface area contributed by atoms with Crippen molar-refractivity contribution in [1.82, 2.24) is 0 Å². The highest BCUT2D eigenvalue weighted by molar-refractivity contribution is 7.46. The van der Waals surface area contributed by atoms with Gasteiger partial charge >= 0.3 is 7.82 Å². The Kier molecular flexibility index (Phi) is 7.01. The second-order valence-electron chi connectivity index (χ2n) is 8.74. The topological polar surface area (TPSA) is 71.7 Å². The van der Waals surface area contributed by atoms with Gasteiger partial charge < -0.3 is 22.8 Å². The molecule has 0 spiro atoms. The van der Waals surface area contributed by atoms with Gasteiger partial charge in [-0.25, -0.2) is 0 Å². The Morgan fingerprint density at radius 1 is 0.909 bits per heavy atom. The molecule has 0 bridgehead atoms. The van der Waals surface area contributed by atoms with E-state index in [0.29, 0.717) is 17.4 Å². The van der Waals surface area contributed by atoms with E-state index >= 15 is 0 Å². The molecule has 1 unspecified atom stereocenters. The number of benzene rings is 3. The van der Waals surface area contributed by atoms with Crippen molar-refractivity contribution in [2.24, 2.45) is 0 Å². The van der Waals surface area contributed by atoms with Gasteiger partial charge in [-0.15, -0.1) is 0 Å². The maximum absolute atomic E-state index is 12.5. The van der Waals surface area contributed by atoms with Gasteiger partial charge in [-0.05, 0) is 17.7 Å². The summed E-state index contributed by atoms with van der Waals surface area (Å²) in [5, 5.41) is 0.664. The molecule has 4 rings (SSSR count). The first-order valence-electron chi connectivity index (χ1n) is 10.9. The second-order valence-corrected chi connectivity index (χ2v) is 10.1. The van der Waals surface area contributed by atoms with Crippen molar-refractivity contribution in [3.8, 4) is 5.75 Å². The van der Waals surface area contributed by atoms with Crippen molar-refractivity contribution in [3.05, 3.63) is 102 Å². The molecule has 0 fully saturated rings. The molecule has 0 aliphatic carbocycles. The van der Waals surface area contributed by atoms with Gasteiger partial charge in [0.25, 0.3) is 0 Å². The van der Waals surface area contributed by atoms with Crippen LogP contribution < -0.4 is 9.42 Å². The number of phosphoric ester groups is 1. The zero-order valence-electron chi connectivity index (χ0n) is 18.8. The number of phosphoric acid groups is 1. The number of likely N-dealkylation sites (N-methyl/N-ethyl adjacent to an activating group) is 1. The van der Waals surface area contributed by atoms with Crippen molar-refractivity contribution >= 4 is 18.8 Å². The lowest BCUT2D eigenvalue weighted by atomic mass is 10.1. The summed E-state index contributed by atoms with van der Waals surface area (Å²) in [6, 6.07) is 24.6. The molecule has 3 aromatic carbocycles. The van der Waals surface area contributed by atoms with Crippen LogP contribution in [0.25, 0.3) is 11.0 Å². The van der Waals surface area contributed by atoms with Crippen LogP contribution in [-0.4, -0.2) is 25.1 Å². The van der Waals surface area contributed by atoms with Crippen LogP contribution in [-0.2, 0) is 28.7 Å². The highest BCUT2D eigenvalue weighted by Gasteiger charge is 2.21. The van der Waals surface area contributed by atoms with E-state index < -0.39 is 7.82 Å². The minimum Gasteiger partial charge on any atom is -0.746 e. The number of quaternary nitrogens is 1. The number of hydrogen-bond acceptors (Lipinski definition) is 5. The molecular weight excluding hydrogens is 437 g/mol. The minimum atomic E-state index is -4.57. The quantitative estimate of drug-likeness (QED) is 0.234. The Bertz CT molecular complexity index is 1240. The average Bonchev–Trinajstić information content (AvgIpc) is 3.22. The van der Waals surface area contributed by atoms with Gasteiger partial charge in [0.1, 0.15) is 17.9 Å². The maximum Gasteiger partial charge on any atom is 0.320 e. The van der Waals surface area contributed by atoms with E-state index in [0.717, 1.165) is 28.7 Å². The van der Waals surface area contributed by atoms with Gasteiger partial charge in [0.15, 0.2) is 0 Å². The normalized spacial score (nSPS) is 13.7. The van der Waals surface area contributed by atoms with Crippen molar-refractivity contribution < 1.29 is 27.4 Å². The smallest absolute Gasteiger partial charge is 0.320 e. The fourth-order valence-electron chi connectivity index (χ4n) is 3.83. The summed E-state index contributed by atoms with van der Waals surface area (Å²) in [7, 11) is -0.219. The summed E-state index contributed by atoms with van der Waals surface area (Å²) >= 11 is 0. The van der Waals surface area contributed by atoms with E-state index in [1.54, 1.807) is 36.6 Å². The van der Waals surface area contributed by atoms with Crippen LogP contribution in [0.3, 0.4) is 0 Å². The lowest BCUT2D eigenvalue weighted by molar-refractivity contribution is -0.903. The number of rotatable bonds is 10. The molecule has 0 saturated heterocycles. The predicted octanol–water partition coefficient (Wildman–Crippen LogP) is 5.32.